The Kier molecular flexibility index (Phi) is 6.22. The van der Waals surface area contributed by atoms with E-state index < -0.39 is 0 Å². The Morgan fingerprint density at radius 3 is 2.32 bits per heavy atom. The summed E-state index contributed by atoms with van der Waals surface area (Å²) in [5, 5.41) is 3.15. The number of nitrogens with one attached hydrogen (secondary N) is 1. The molecule has 0 saturated carbocycles. The number of anilines is 3. The van der Waals surface area contributed by atoms with Gasteiger partial charge in [0.2, 0.25) is 5.95 Å². The Balaban J connectivity index is 1.76. The molecule has 0 bridgehead atoms. The highest BCUT2D eigenvalue weighted by Crippen LogP contribution is 2.27. The first kappa shape index (κ1) is 19.4. The van der Waals surface area contributed by atoms with Crippen molar-refractivity contribution in [3.8, 4) is 5.75 Å². The highest BCUT2D eigenvalue weighted by molar-refractivity contribution is 6.05. The van der Waals surface area contributed by atoms with Crippen molar-refractivity contribution in [1.82, 2.24) is 9.97 Å². The summed E-state index contributed by atoms with van der Waals surface area (Å²) in [4.78, 5) is 23.1. The van der Waals surface area contributed by atoms with E-state index in [2.05, 4.69) is 15.3 Å². The fourth-order valence-electron chi connectivity index (χ4n) is 2.76. The van der Waals surface area contributed by atoms with Crippen molar-refractivity contribution >= 4 is 23.2 Å². The Labute approximate surface area is 165 Å². The molecule has 1 aromatic heterocycles. The molecule has 0 radical (unpaired) electrons. The Morgan fingerprint density at radius 2 is 1.68 bits per heavy atom. The SMILES string of the molecule is CCN(C(=O)c1cnc(Nc2ccccc2OC(C)C)nc1)c1ccccc1. The van der Waals surface area contributed by atoms with Gasteiger partial charge in [-0.05, 0) is 45.0 Å². The maximum absolute atomic E-state index is 12.8. The highest BCUT2D eigenvalue weighted by atomic mass is 16.5. The molecule has 1 heterocycles. The van der Waals surface area contributed by atoms with Crippen LogP contribution < -0.4 is 15.0 Å². The third-order valence-electron chi connectivity index (χ3n) is 4.02. The number of rotatable bonds is 7. The summed E-state index contributed by atoms with van der Waals surface area (Å²) in [6.45, 7) is 6.44. The van der Waals surface area contributed by atoms with Gasteiger partial charge in [0.15, 0.2) is 0 Å². The van der Waals surface area contributed by atoms with Gasteiger partial charge in [-0.15, -0.1) is 0 Å². The van der Waals surface area contributed by atoms with Gasteiger partial charge in [-0.3, -0.25) is 4.79 Å². The summed E-state index contributed by atoms with van der Waals surface area (Å²) in [6, 6.07) is 17.2. The van der Waals surface area contributed by atoms with Gasteiger partial charge in [-0.2, -0.15) is 0 Å². The van der Waals surface area contributed by atoms with E-state index in [1.807, 2.05) is 75.4 Å². The number of para-hydroxylation sites is 3. The topological polar surface area (TPSA) is 67.4 Å². The lowest BCUT2D eigenvalue weighted by atomic mass is 10.2. The summed E-state index contributed by atoms with van der Waals surface area (Å²) >= 11 is 0. The number of hydrogen-bond donors (Lipinski definition) is 1. The molecule has 6 heteroatoms. The molecule has 0 fully saturated rings. The Hall–Kier alpha value is -3.41. The van der Waals surface area contributed by atoms with Crippen LogP contribution in [0, 0.1) is 0 Å². The predicted octanol–water partition coefficient (Wildman–Crippen LogP) is 4.67. The van der Waals surface area contributed by atoms with Crippen molar-refractivity contribution < 1.29 is 9.53 Å². The molecular formula is C22H24N4O2. The summed E-state index contributed by atoms with van der Waals surface area (Å²) in [6.07, 6.45) is 3.13. The number of benzene rings is 2. The number of carbonyl (C=O) groups is 1. The molecule has 0 aliphatic heterocycles. The lowest BCUT2D eigenvalue weighted by Gasteiger charge is -2.20. The number of nitrogens with zero attached hydrogens (tertiary/aromatic N) is 3. The minimum atomic E-state index is -0.135. The first-order valence-corrected chi connectivity index (χ1v) is 9.30. The van der Waals surface area contributed by atoms with Crippen LogP contribution >= 0.6 is 0 Å². The van der Waals surface area contributed by atoms with Crippen LogP contribution in [0.25, 0.3) is 0 Å². The Bertz CT molecular complexity index is 911. The number of hydrogen-bond acceptors (Lipinski definition) is 5. The molecule has 0 atom stereocenters. The van der Waals surface area contributed by atoms with Gasteiger partial charge in [0.1, 0.15) is 5.75 Å². The molecule has 144 valence electrons. The van der Waals surface area contributed by atoms with Crippen molar-refractivity contribution in [1.29, 1.82) is 0 Å². The second-order valence-electron chi connectivity index (χ2n) is 6.47. The minimum Gasteiger partial charge on any atom is -0.489 e. The maximum Gasteiger partial charge on any atom is 0.261 e. The van der Waals surface area contributed by atoms with Crippen molar-refractivity contribution in [2.45, 2.75) is 26.9 Å². The molecule has 1 amide bonds. The third kappa shape index (κ3) is 4.65. The van der Waals surface area contributed by atoms with E-state index in [9.17, 15) is 4.79 Å². The van der Waals surface area contributed by atoms with Crippen LogP contribution in [0.15, 0.2) is 67.0 Å². The van der Waals surface area contributed by atoms with E-state index in [1.54, 1.807) is 4.90 Å². The molecule has 0 saturated heterocycles. The van der Waals surface area contributed by atoms with Crippen molar-refractivity contribution in [2.75, 3.05) is 16.8 Å². The number of ether oxygens (including phenoxy) is 1. The molecule has 2 aromatic carbocycles. The highest BCUT2D eigenvalue weighted by Gasteiger charge is 2.17. The van der Waals surface area contributed by atoms with E-state index in [4.69, 9.17) is 4.74 Å². The normalized spacial score (nSPS) is 10.6. The van der Waals surface area contributed by atoms with E-state index >= 15 is 0 Å². The average molecular weight is 376 g/mol. The van der Waals surface area contributed by atoms with Gasteiger partial charge in [-0.1, -0.05) is 30.3 Å². The Morgan fingerprint density at radius 1 is 1.04 bits per heavy atom. The van der Waals surface area contributed by atoms with E-state index in [0.717, 1.165) is 17.1 Å². The van der Waals surface area contributed by atoms with Gasteiger partial charge < -0.3 is 15.0 Å². The number of amides is 1. The first-order chi connectivity index (χ1) is 13.6. The predicted molar refractivity (Wildman–Crippen MR) is 111 cm³/mol. The zero-order valence-electron chi connectivity index (χ0n) is 16.3. The van der Waals surface area contributed by atoms with E-state index in [1.165, 1.54) is 12.4 Å². The summed E-state index contributed by atoms with van der Waals surface area (Å²) < 4.78 is 5.80. The fraction of sp³-hybridized carbons (Fsp3) is 0.227. The molecule has 0 spiro atoms. The monoisotopic (exact) mass is 376 g/mol. The molecule has 3 aromatic rings. The lowest BCUT2D eigenvalue weighted by Crippen LogP contribution is -2.30. The standard InChI is InChI=1S/C22H24N4O2/c1-4-26(18-10-6-5-7-11-18)21(27)17-14-23-22(24-15-17)25-19-12-8-9-13-20(19)28-16(2)3/h5-16H,4H2,1-3H3,(H,23,24,25). The van der Waals surface area contributed by atoms with Gasteiger partial charge in [0.05, 0.1) is 17.4 Å². The molecular weight excluding hydrogens is 352 g/mol. The van der Waals surface area contributed by atoms with Crippen LogP contribution in [0.4, 0.5) is 17.3 Å². The number of carbonyl (C=O) groups excluding carboxylic acids is 1. The molecule has 1 N–H and O–H groups in total. The smallest absolute Gasteiger partial charge is 0.261 e. The van der Waals surface area contributed by atoms with Crippen LogP contribution in [0.2, 0.25) is 0 Å². The zero-order chi connectivity index (χ0) is 19.9. The van der Waals surface area contributed by atoms with Gasteiger partial charge >= 0.3 is 0 Å². The van der Waals surface area contributed by atoms with Crippen molar-refractivity contribution in [3.63, 3.8) is 0 Å². The van der Waals surface area contributed by atoms with Crippen LogP contribution in [0.1, 0.15) is 31.1 Å². The molecule has 0 aliphatic rings. The van der Waals surface area contributed by atoms with Crippen LogP contribution in [-0.4, -0.2) is 28.5 Å². The van der Waals surface area contributed by atoms with Crippen LogP contribution in [0.3, 0.4) is 0 Å². The molecule has 0 aliphatic carbocycles. The quantitative estimate of drug-likeness (QED) is 0.649. The zero-order valence-corrected chi connectivity index (χ0v) is 16.3. The number of aromatic nitrogens is 2. The summed E-state index contributed by atoms with van der Waals surface area (Å²) in [5.74, 6) is 0.991. The van der Waals surface area contributed by atoms with E-state index in [-0.39, 0.29) is 12.0 Å². The lowest BCUT2D eigenvalue weighted by molar-refractivity contribution is 0.0987. The van der Waals surface area contributed by atoms with Crippen LogP contribution in [-0.2, 0) is 0 Å². The van der Waals surface area contributed by atoms with Crippen molar-refractivity contribution in [3.05, 3.63) is 72.6 Å². The second-order valence-corrected chi connectivity index (χ2v) is 6.47. The molecule has 3 rings (SSSR count). The molecule has 6 nitrogen and oxygen atoms in total. The minimum absolute atomic E-state index is 0.0573. The van der Waals surface area contributed by atoms with Gasteiger partial charge in [0, 0.05) is 24.6 Å². The maximum atomic E-state index is 12.8. The largest absolute Gasteiger partial charge is 0.489 e. The molecule has 0 unspecified atom stereocenters. The summed E-state index contributed by atoms with van der Waals surface area (Å²) in [7, 11) is 0. The summed E-state index contributed by atoms with van der Waals surface area (Å²) in [5.41, 5.74) is 2.05. The van der Waals surface area contributed by atoms with Gasteiger partial charge in [-0.25, -0.2) is 9.97 Å². The van der Waals surface area contributed by atoms with E-state index in [0.29, 0.717) is 18.1 Å². The average Bonchev–Trinajstić information content (AvgIpc) is 2.71. The van der Waals surface area contributed by atoms with Gasteiger partial charge in [0.25, 0.3) is 5.91 Å². The van der Waals surface area contributed by atoms with Crippen LogP contribution in [0.5, 0.6) is 5.75 Å². The van der Waals surface area contributed by atoms with Crippen molar-refractivity contribution in [2.24, 2.45) is 0 Å². The first-order valence-electron chi connectivity index (χ1n) is 9.30. The second kappa shape index (κ2) is 8.99. The fourth-order valence-corrected chi connectivity index (χ4v) is 2.76. The molecule has 28 heavy (non-hydrogen) atoms. The third-order valence-corrected chi connectivity index (χ3v) is 4.02.